The molecule has 0 radical (unpaired) electrons. The minimum atomic E-state index is -0.131. The first-order valence-corrected chi connectivity index (χ1v) is 11.8. The molecular formula is C25H25N5OS. The molecular weight excluding hydrogens is 418 g/mol. The lowest BCUT2D eigenvalue weighted by molar-refractivity contribution is 0.101. The number of carbonyl (C=O) groups excluding carboxylic acids is 1. The fraction of sp³-hybridized carbons (Fsp3) is 0.240. The number of aromatic nitrogens is 3. The van der Waals surface area contributed by atoms with Crippen LogP contribution in [0.4, 0.5) is 10.8 Å². The molecule has 32 heavy (non-hydrogen) atoms. The van der Waals surface area contributed by atoms with Crippen molar-refractivity contribution in [2.75, 3.05) is 16.8 Å². The van der Waals surface area contributed by atoms with Crippen LogP contribution < -0.4 is 10.2 Å². The van der Waals surface area contributed by atoms with Gasteiger partial charge in [-0.15, -0.1) is 11.3 Å². The van der Waals surface area contributed by atoms with Crippen molar-refractivity contribution in [2.45, 2.75) is 31.8 Å². The number of hydrogen-bond donors (Lipinski definition) is 1. The second-order valence-electron chi connectivity index (χ2n) is 7.92. The summed E-state index contributed by atoms with van der Waals surface area (Å²) in [4.78, 5) is 24.3. The molecule has 1 fully saturated rings. The zero-order chi connectivity index (χ0) is 21.8. The number of nitrogens with one attached hydrogen (secondary N) is 1. The number of amides is 1. The number of pyridine rings is 1. The SMILES string of the molecule is O=C(Nc1nc([C@H]2CCCN2c2ccccc2)cs1)c1cccn1CCc1cccnc1. The number of anilines is 2. The van der Waals surface area contributed by atoms with Crippen molar-refractivity contribution in [3.63, 3.8) is 0 Å². The van der Waals surface area contributed by atoms with Gasteiger partial charge in [-0.1, -0.05) is 24.3 Å². The summed E-state index contributed by atoms with van der Waals surface area (Å²) in [5.41, 5.74) is 4.03. The Morgan fingerprint density at radius 3 is 2.88 bits per heavy atom. The van der Waals surface area contributed by atoms with Crippen LogP contribution in [0.2, 0.25) is 0 Å². The minimum Gasteiger partial charge on any atom is -0.363 e. The fourth-order valence-corrected chi connectivity index (χ4v) is 5.02. The Hall–Kier alpha value is -3.45. The van der Waals surface area contributed by atoms with Crippen molar-refractivity contribution in [2.24, 2.45) is 0 Å². The average Bonchev–Trinajstić information content (AvgIpc) is 3.59. The van der Waals surface area contributed by atoms with Gasteiger partial charge < -0.3 is 9.47 Å². The molecule has 0 unspecified atom stereocenters. The molecule has 0 bridgehead atoms. The molecule has 5 rings (SSSR count). The van der Waals surface area contributed by atoms with E-state index in [9.17, 15) is 4.79 Å². The third-order valence-electron chi connectivity index (χ3n) is 5.85. The van der Waals surface area contributed by atoms with Crippen molar-refractivity contribution in [3.8, 4) is 0 Å². The predicted molar refractivity (Wildman–Crippen MR) is 128 cm³/mol. The maximum atomic E-state index is 12.9. The summed E-state index contributed by atoms with van der Waals surface area (Å²) >= 11 is 1.49. The molecule has 1 aliphatic rings. The van der Waals surface area contributed by atoms with E-state index in [0.717, 1.165) is 43.6 Å². The van der Waals surface area contributed by atoms with Gasteiger partial charge in [-0.05, 0) is 55.2 Å². The van der Waals surface area contributed by atoms with Gasteiger partial charge >= 0.3 is 0 Å². The Bertz CT molecular complexity index is 1170. The Balaban J connectivity index is 1.25. The average molecular weight is 444 g/mol. The molecule has 1 aliphatic heterocycles. The van der Waals surface area contributed by atoms with Gasteiger partial charge in [0.25, 0.3) is 5.91 Å². The fourth-order valence-electron chi connectivity index (χ4n) is 4.27. The highest BCUT2D eigenvalue weighted by molar-refractivity contribution is 7.14. The van der Waals surface area contributed by atoms with Crippen LogP contribution in [-0.4, -0.2) is 27.0 Å². The highest BCUT2D eigenvalue weighted by atomic mass is 32.1. The van der Waals surface area contributed by atoms with Crippen LogP contribution >= 0.6 is 11.3 Å². The summed E-state index contributed by atoms with van der Waals surface area (Å²) in [7, 11) is 0. The zero-order valence-electron chi connectivity index (χ0n) is 17.7. The summed E-state index contributed by atoms with van der Waals surface area (Å²) in [6.07, 6.45) is 8.61. The van der Waals surface area contributed by atoms with E-state index >= 15 is 0 Å². The highest BCUT2D eigenvalue weighted by Crippen LogP contribution is 2.37. The van der Waals surface area contributed by atoms with Crippen LogP contribution in [0, 0.1) is 0 Å². The Morgan fingerprint density at radius 1 is 1.12 bits per heavy atom. The summed E-state index contributed by atoms with van der Waals surface area (Å²) in [6, 6.07) is 18.5. The van der Waals surface area contributed by atoms with Crippen molar-refractivity contribution < 1.29 is 4.79 Å². The van der Waals surface area contributed by atoms with E-state index < -0.39 is 0 Å². The summed E-state index contributed by atoms with van der Waals surface area (Å²) in [5, 5.41) is 5.71. The van der Waals surface area contributed by atoms with Gasteiger partial charge in [0.05, 0.1) is 11.7 Å². The Kier molecular flexibility index (Phi) is 5.98. The lowest BCUT2D eigenvalue weighted by atomic mass is 10.1. The van der Waals surface area contributed by atoms with Gasteiger partial charge in [-0.25, -0.2) is 4.98 Å². The van der Waals surface area contributed by atoms with Crippen molar-refractivity contribution in [1.29, 1.82) is 0 Å². The smallest absolute Gasteiger partial charge is 0.274 e. The van der Waals surface area contributed by atoms with Crippen LogP contribution in [0.1, 0.15) is 40.6 Å². The maximum absolute atomic E-state index is 12.9. The number of hydrogen-bond acceptors (Lipinski definition) is 5. The molecule has 3 aromatic heterocycles. The third kappa shape index (κ3) is 4.43. The van der Waals surface area contributed by atoms with Gasteiger partial charge in [0.2, 0.25) is 0 Å². The highest BCUT2D eigenvalue weighted by Gasteiger charge is 2.28. The molecule has 1 saturated heterocycles. The van der Waals surface area contributed by atoms with Gasteiger partial charge in [0.1, 0.15) is 5.69 Å². The molecule has 1 atom stereocenters. The first-order chi connectivity index (χ1) is 15.8. The van der Waals surface area contributed by atoms with Crippen molar-refractivity contribution in [3.05, 3.63) is 95.5 Å². The van der Waals surface area contributed by atoms with Crippen LogP contribution in [-0.2, 0) is 13.0 Å². The molecule has 1 N–H and O–H groups in total. The van der Waals surface area contributed by atoms with Crippen molar-refractivity contribution >= 4 is 28.1 Å². The lowest BCUT2D eigenvalue weighted by Crippen LogP contribution is -2.22. The van der Waals surface area contributed by atoms with E-state index in [1.54, 1.807) is 6.20 Å². The largest absolute Gasteiger partial charge is 0.363 e. The molecule has 4 aromatic rings. The minimum absolute atomic E-state index is 0.131. The number of carbonyl (C=O) groups is 1. The summed E-state index contributed by atoms with van der Waals surface area (Å²) < 4.78 is 1.98. The predicted octanol–water partition coefficient (Wildman–Crippen LogP) is 5.18. The van der Waals surface area contributed by atoms with Gasteiger partial charge in [-0.2, -0.15) is 0 Å². The quantitative estimate of drug-likeness (QED) is 0.428. The Labute approximate surface area is 191 Å². The first-order valence-electron chi connectivity index (χ1n) is 10.9. The normalized spacial score (nSPS) is 15.8. The number of nitrogens with zero attached hydrogens (tertiary/aromatic N) is 4. The number of rotatable bonds is 7. The van der Waals surface area contributed by atoms with E-state index in [-0.39, 0.29) is 11.9 Å². The molecule has 1 amide bonds. The molecule has 162 valence electrons. The summed E-state index contributed by atoms with van der Waals surface area (Å²) in [5.74, 6) is -0.131. The molecule has 4 heterocycles. The van der Waals surface area contributed by atoms with E-state index in [1.165, 1.54) is 17.0 Å². The van der Waals surface area contributed by atoms with Crippen LogP contribution in [0.25, 0.3) is 0 Å². The maximum Gasteiger partial charge on any atom is 0.274 e. The van der Waals surface area contributed by atoms with Gasteiger partial charge in [-0.3, -0.25) is 15.1 Å². The summed E-state index contributed by atoms with van der Waals surface area (Å²) in [6.45, 7) is 1.75. The number of thiazole rings is 1. The number of benzene rings is 1. The molecule has 0 aliphatic carbocycles. The standard InChI is InChI=1S/C25H25N5OS/c31-24(23-11-5-14-29(23)16-12-19-7-4-13-26-17-19)28-25-27-21(18-32-25)22-10-6-15-30(22)20-8-2-1-3-9-20/h1-5,7-9,11,13-14,17-18,22H,6,10,12,15-16H2,(H,27,28,31)/t22-/m1/s1. The molecule has 7 heteroatoms. The Morgan fingerprint density at radius 2 is 2.03 bits per heavy atom. The molecule has 1 aromatic carbocycles. The van der Waals surface area contributed by atoms with E-state index in [0.29, 0.717) is 10.8 Å². The van der Waals surface area contributed by atoms with Gasteiger partial charge in [0.15, 0.2) is 5.13 Å². The second kappa shape index (κ2) is 9.36. The van der Waals surface area contributed by atoms with E-state index in [2.05, 4.69) is 50.9 Å². The van der Waals surface area contributed by atoms with Crippen molar-refractivity contribution in [1.82, 2.24) is 14.5 Å². The van der Waals surface area contributed by atoms with Crippen LogP contribution in [0.15, 0.2) is 78.6 Å². The molecule has 0 spiro atoms. The van der Waals surface area contributed by atoms with Crippen LogP contribution in [0.5, 0.6) is 0 Å². The second-order valence-corrected chi connectivity index (χ2v) is 8.77. The first kappa shape index (κ1) is 20.5. The monoisotopic (exact) mass is 443 g/mol. The number of para-hydroxylation sites is 1. The lowest BCUT2D eigenvalue weighted by Gasteiger charge is -2.25. The van der Waals surface area contributed by atoms with Crippen LogP contribution in [0.3, 0.4) is 0 Å². The number of aryl methyl sites for hydroxylation is 2. The third-order valence-corrected chi connectivity index (χ3v) is 6.63. The topological polar surface area (TPSA) is 63.1 Å². The van der Waals surface area contributed by atoms with Gasteiger partial charge in [0, 0.05) is 42.7 Å². The van der Waals surface area contributed by atoms with E-state index in [4.69, 9.17) is 4.98 Å². The zero-order valence-corrected chi connectivity index (χ0v) is 18.5. The molecule has 6 nitrogen and oxygen atoms in total. The van der Waals surface area contributed by atoms with E-state index in [1.807, 2.05) is 41.2 Å². The molecule has 0 saturated carbocycles.